The Morgan fingerprint density at radius 3 is 2.33 bits per heavy atom. The van der Waals surface area contributed by atoms with Crippen LogP contribution in [-0.2, 0) is 21.4 Å². The van der Waals surface area contributed by atoms with E-state index in [0.717, 1.165) is 5.56 Å². The van der Waals surface area contributed by atoms with Crippen molar-refractivity contribution in [2.45, 2.75) is 37.2 Å². The molecule has 1 amide bonds. The number of nitrogens with one attached hydrogen (secondary N) is 2. The van der Waals surface area contributed by atoms with E-state index in [4.69, 9.17) is 0 Å². The van der Waals surface area contributed by atoms with E-state index < -0.39 is 27.4 Å². The molecule has 0 heterocycles. The third-order valence-corrected chi connectivity index (χ3v) is 5.68. The number of aliphatic carboxylic acids is 1. The van der Waals surface area contributed by atoms with Crippen molar-refractivity contribution in [3.8, 4) is 0 Å². The third-order valence-electron chi connectivity index (χ3n) is 4.28. The van der Waals surface area contributed by atoms with Crippen molar-refractivity contribution in [1.29, 1.82) is 0 Å². The second kappa shape index (κ2) is 8.32. The molecule has 1 unspecified atom stereocenters. The summed E-state index contributed by atoms with van der Waals surface area (Å²) in [5.74, 6) is -1.81. The zero-order chi connectivity index (χ0) is 20.1. The van der Waals surface area contributed by atoms with Gasteiger partial charge in [-0.15, -0.1) is 0 Å². The third kappa shape index (κ3) is 5.15. The SMILES string of the molecule is CCC(C)(NC(=O)c1cccc(S(=O)(=O)NCc2ccccc2)c1)C(=O)O. The predicted octanol–water partition coefficient (Wildman–Crippen LogP) is 2.15. The molecular weight excluding hydrogens is 368 g/mol. The van der Waals surface area contributed by atoms with Crippen LogP contribution in [0.15, 0.2) is 59.5 Å². The fraction of sp³-hybridized carbons (Fsp3) is 0.263. The first-order chi connectivity index (χ1) is 12.7. The Morgan fingerprint density at radius 1 is 1.07 bits per heavy atom. The van der Waals surface area contributed by atoms with Gasteiger partial charge in [0.05, 0.1) is 4.90 Å². The van der Waals surface area contributed by atoms with Gasteiger partial charge < -0.3 is 10.4 Å². The first kappa shape index (κ1) is 20.6. The van der Waals surface area contributed by atoms with Crippen LogP contribution in [0, 0.1) is 0 Å². The average Bonchev–Trinajstić information content (AvgIpc) is 2.67. The molecule has 0 bridgehead atoms. The van der Waals surface area contributed by atoms with Crippen molar-refractivity contribution in [2.24, 2.45) is 0 Å². The summed E-state index contributed by atoms with van der Waals surface area (Å²) in [5.41, 5.74) is -0.564. The van der Waals surface area contributed by atoms with Crippen molar-refractivity contribution >= 4 is 21.9 Å². The largest absolute Gasteiger partial charge is 0.480 e. The number of carboxylic acids is 1. The van der Waals surface area contributed by atoms with E-state index in [-0.39, 0.29) is 23.4 Å². The standard InChI is InChI=1S/C19H22N2O5S/c1-3-19(2,18(23)24)21-17(22)15-10-7-11-16(12-15)27(25,26)20-13-14-8-5-4-6-9-14/h4-12,20H,3,13H2,1-2H3,(H,21,22)(H,23,24). The van der Waals surface area contributed by atoms with Gasteiger partial charge in [0.15, 0.2) is 0 Å². The van der Waals surface area contributed by atoms with Crippen LogP contribution in [0.2, 0.25) is 0 Å². The summed E-state index contributed by atoms with van der Waals surface area (Å²) in [6.45, 7) is 3.16. The van der Waals surface area contributed by atoms with E-state index in [1.165, 1.54) is 31.2 Å². The average molecular weight is 390 g/mol. The number of hydrogen-bond acceptors (Lipinski definition) is 4. The quantitative estimate of drug-likeness (QED) is 0.639. The number of hydrogen-bond donors (Lipinski definition) is 3. The molecule has 27 heavy (non-hydrogen) atoms. The lowest BCUT2D eigenvalue weighted by Crippen LogP contribution is -2.51. The number of sulfonamides is 1. The minimum atomic E-state index is -3.83. The maximum absolute atomic E-state index is 12.5. The molecule has 0 aromatic heterocycles. The normalized spacial score (nSPS) is 13.6. The fourth-order valence-electron chi connectivity index (χ4n) is 2.28. The second-order valence-electron chi connectivity index (χ2n) is 6.28. The molecule has 3 N–H and O–H groups in total. The zero-order valence-electron chi connectivity index (χ0n) is 15.1. The Balaban J connectivity index is 2.18. The number of carbonyl (C=O) groups excluding carboxylic acids is 1. The Labute approximate surface area is 158 Å². The molecule has 0 saturated heterocycles. The molecular formula is C19H22N2O5S. The van der Waals surface area contributed by atoms with Gasteiger partial charge in [-0.3, -0.25) is 4.79 Å². The van der Waals surface area contributed by atoms with Crippen LogP contribution in [0.3, 0.4) is 0 Å². The Kier molecular flexibility index (Phi) is 6.35. The van der Waals surface area contributed by atoms with E-state index >= 15 is 0 Å². The van der Waals surface area contributed by atoms with E-state index in [9.17, 15) is 23.1 Å². The van der Waals surface area contributed by atoms with E-state index in [0.29, 0.717) is 0 Å². The number of carboxylic acid groups (broad SMARTS) is 1. The van der Waals surface area contributed by atoms with Gasteiger partial charge in [0, 0.05) is 12.1 Å². The molecule has 2 aromatic carbocycles. The highest BCUT2D eigenvalue weighted by atomic mass is 32.2. The van der Waals surface area contributed by atoms with Crippen molar-refractivity contribution in [2.75, 3.05) is 0 Å². The van der Waals surface area contributed by atoms with Gasteiger partial charge in [0.2, 0.25) is 10.0 Å². The van der Waals surface area contributed by atoms with Crippen molar-refractivity contribution < 1.29 is 23.1 Å². The predicted molar refractivity (Wildman–Crippen MR) is 101 cm³/mol. The molecule has 0 spiro atoms. The van der Waals surface area contributed by atoms with Crippen molar-refractivity contribution in [1.82, 2.24) is 10.0 Å². The number of rotatable bonds is 8. The lowest BCUT2D eigenvalue weighted by Gasteiger charge is -2.24. The fourth-order valence-corrected chi connectivity index (χ4v) is 3.34. The van der Waals surface area contributed by atoms with Crippen LogP contribution < -0.4 is 10.0 Å². The Hall–Kier alpha value is -2.71. The molecule has 7 nitrogen and oxygen atoms in total. The number of amides is 1. The molecule has 0 aliphatic heterocycles. The van der Waals surface area contributed by atoms with Gasteiger partial charge in [-0.25, -0.2) is 17.9 Å². The monoisotopic (exact) mass is 390 g/mol. The maximum atomic E-state index is 12.5. The van der Waals surface area contributed by atoms with Crippen LogP contribution in [0.25, 0.3) is 0 Å². The smallest absolute Gasteiger partial charge is 0.329 e. The van der Waals surface area contributed by atoms with Crippen LogP contribution in [0.1, 0.15) is 36.2 Å². The second-order valence-corrected chi connectivity index (χ2v) is 8.05. The summed E-state index contributed by atoms with van der Waals surface area (Å²) < 4.78 is 27.5. The van der Waals surface area contributed by atoms with Crippen molar-refractivity contribution in [3.63, 3.8) is 0 Å². The van der Waals surface area contributed by atoms with Gasteiger partial charge in [0.1, 0.15) is 5.54 Å². The van der Waals surface area contributed by atoms with Crippen molar-refractivity contribution in [3.05, 3.63) is 65.7 Å². The molecule has 144 valence electrons. The number of carbonyl (C=O) groups is 2. The molecule has 0 saturated carbocycles. The first-order valence-electron chi connectivity index (χ1n) is 8.37. The first-order valence-corrected chi connectivity index (χ1v) is 9.86. The topological polar surface area (TPSA) is 113 Å². The Bertz CT molecular complexity index is 928. The maximum Gasteiger partial charge on any atom is 0.329 e. The van der Waals surface area contributed by atoms with Gasteiger partial charge in [0.25, 0.3) is 5.91 Å². The highest BCUT2D eigenvalue weighted by Crippen LogP contribution is 2.15. The molecule has 2 rings (SSSR count). The van der Waals surface area contributed by atoms with Crippen LogP contribution in [0.4, 0.5) is 0 Å². The lowest BCUT2D eigenvalue weighted by molar-refractivity contribution is -0.143. The van der Waals surface area contributed by atoms with Crippen LogP contribution in [0.5, 0.6) is 0 Å². The molecule has 1 atom stereocenters. The summed E-state index contributed by atoms with van der Waals surface area (Å²) in [6, 6.07) is 14.5. The van der Waals surface area contributed by atoms with Gasteiger partial charge in [-0.05, 0) is 37.1 Å². The van der Waals surface area contributed by atoms with Crippen LogP contribution >= 0.6 is 0 Å². The van der Waals surface area contributed by atoms with E-state index in [1.807, 2.05) is 18.2 Å². The Morgan fingerprint density at radius 2 is 1.74 bits per heavy atom. The zero-order valence-corrected chi connectivity index (χ0v) is 15.9. The summed E-state index contributed by atoms with van der Waals surface area (Å²) in [5, 5.41) is 11.7. The van der Waals surface area contributed by atoms with Gasteiger partial charge >= 0.3 is 5.97 Å². The minimum absolute atomic E-state index is 0.0681. The molecule has 0 fully saturated rings. The summed E-state index contributed by atoms with van der Waals surface area (Å²) >= 11 is 0. The molecule has 0 aliphatic carbocycles. The lowest BCUT2D eigenvalue weighted by atomic mass is 9.98. The molecule has 0 radical (unpaired) electrons. The highest BCUT2D eigenvalue weighted by molar-refractivity contribution is 7.89. The van der Waals surface area contributed by atoms with Crippen LogP contribution in [-0.4, -0.2) is 30.9 Å². The van der Waals surface area contributed by atoms with Gasteiger partial charge in [-0.1, -0.05) is 43.3 Å². The molecule has 0 aliphatic rings. The van der Waals surface area contributed by atoms with E-state index in [2.05, 4.69) is 10.0 Å². The highest BCUT2D eigenvalue weighted by Gasteiger charge is 2.33. The molecule has 2 aromatic rings. The summed E-state index contributed by atoms with van der Waals surface area (Å²) in [6.07, 6.45) is 0.185. The minimum Gasteiger partial charge on any atom is -0.480 e. The summed E-state index contributed by atoms with van der Waals surface area (Å²) in [4.78, 5) is 23.7. The number of benzene rings is 2. The van der Waals surface area contributed by atoms with E-state index in [1.54, 1.807) is 19.1 Å². The van der Waals surface area contributed by atoms with Gasteiger partial charge in [-0.2, -0.15) is 0 Å². The summed E-state index contributed by atoms with van der Waals surface area (Å²) in [7, 11) is -3.83. The molecule has 8 heteroatoms.